The van der Waals surface area contributed by atoms with Crippen molar-refractivity contribution in [2.45, 2.75) is 90.4 Å². The fraction of sp³-hybridized carbons (Fsp3) is 0.800. The maximum absolute atomic E-state index is 11.7. The maximum atomic E-state index is 11.7. The quantitative estimate of drug-likeness (QED) is 0.465. The van der Waals surface area contributed by atoms with Gasteiger partial charge in [0.2, 0.25) is 12.3 Å². The zero-order valence-electron chi connectivity index (χ0n) is 19.5. The third-order valence-electron chi connectivity index (χ3n) is 5.15. The number of carbonyl (C=O) groups excluding carboxylic acids is 4. The molecule has 0 aliphatic heterocycles. The van der Waals surface area contributed by atoms with Gasteiger partial charge in [0.15, 0.2) is 0 Å². The molecule has 2 aliphatic rings. The van der Waals surface area contributed by atoms with Crippen LogP contribution < -0.4 is 11.2 Å². The summed E-state index contributed by atoms with van der Waals surface area (Å²) >= 11 is 0. The van der Waals surface area contributed by atoms with Crippen LogP contribution in [0.3, 0.4) is 0 Å². The van der Waals surface area contributed by atoms with Crippen LogP contribution in [0, 0.1) is 0 Å². The van der Waals surface area contributed by atoms with Crippen LogP contribution in [0.1, 0.15) is 67.2 Å². The van der Waals surface area contributed by atoms with Gasteiger partial charge in [-0.25, -0.2) is 4.79 Å². The molecule has 0 aromatic carbocycles. The summed E-state index contributed by atoms with van der Waals surface area (Å²) in [5.41, 5.74) is 5.43. The van der Waals surface area contributed by atoms with E-state index < -0.39 is 29.0 Å². The van der Waals surface area contributed by atoms with Crippen LogP contribution in [0.2, 0.25) is 0 Å². The van der Waals surface area contributed by atoms with E-state index in [0.29, 0.717) is 37.8 Å². The normalized spacial score (nSPS) is 16.7. The van der Waals surface area contributed by atoms with Gasteiger partial charge < -0.3 is 20.2 Å². The number of ether oxygens (including phenoxy) is 1. The minimum atomic E-state index is -0.972. The Morgan fingerprint density at radius 3 is 1.73 bits per heavy atom. The summed E-state index contributed by atoms with van der Waals surface area (Å²) < 4.78 is 5.03. The Morgan fingerprint density at radius 2 is 1.50 bits per heavy atom. The van der Waals surface area contributed by atoms with Crippen LogP contribution in [0.25, 0.3) is 0 Å². The number of hydrogen-bond donors (Lipinski definition) is 2. The Kier molecular flexibility index (Phi) is 10.8. The molecule has 0 bridgehead atoms. The molecule has 4 amide bonds. The van der Waals surface area contributed by atoms with Crippen molar-refractivity contribution in [3.63, 3.8) is 0 Å². The van der Waals surface area contributed by atoms with E-state index in [1.807, 2.05) is 47.0 Å². The van der Waals surface area contributed by atoms with Crippen molar-refractivity contribution in [1.29, 1.82) is 0 Å². The Bertz CT molecular complexity index is 592. The van der Waals surface area contributed by atoms with Crippen LogP contribution in [0.15, 0.2) is 0 Å². The fourth-order valence-electron chi connectivity index (χ4n) is 2.77. The Morgan fingerprint density at radius 1 is 1.03 bits per heavy atom. The molecule has 2 saturated carbocycles. The molecule has 2 aliphatic carbocycles. The standard InChI is InChI=1S/C11H17N3O5.C7H15NO.C2H6/c1-14(10(3-4-10)7(12)15)9(17)19-13-8(16)11(18-2)5-6-11;1-6(2)8(5-9)7(3)4;1-2/h3-6H2,1-2H3,(H2,12,15)(H,13,16);5-7H,1-4H3;1-2H3. The smallest absolute Gasteiger partial charge is 0.368 e. The number of methoxy groups -OCH3 is 1. The van der Waals surface area contributed by atoms with Gasteiger partial charge in [0, 0.05) is 26.2 Å². The van der Waals surface area contributed by atoms with Gasteiger partial charge >= 0.3 is 6.09 Å². The topological polar surface area (TPSA) is 131 Å². The highest BCUT2D eigenvalue weighted by molar-refractivity contribution is 5.92. The second-order valence-electron chi connectivity index (χ2n) is 7.69. The number of carbonyl (C=O) groups is 4. The number of rotatable bonds is 7. The number of primary amides is 1. The highest BCUT2D eigenvalue weighted by atomic mass is 16.7. The highest BCUT2D eigenvalue weighted by Crippen LogP contribution is 2.41. The van der Waals surface area contributed by atoms with Gasteiger partial charge in [-0.2, -0.15) is 5.48 Å². The van der Waals surface area contributed by atoms with Crippen LogP contribution in [0.5, 0.6) is 0 Å². The predicted octanol–water partition coefficient (Wildman–Crippen LogP) is 1.57. The molecule has 0 aromatic heterocycles. The van der Waals surface area contributed by atoms with E-state index in [9.17, 15) is 19.2 Å². The zero-order chi connectivity index (χ0) is 23.7. The van der Waals surface area contributed by atoms with E-state index in [4.69, 9.17) is 10.5 Å². The van der Waals surface area contributed by atoms with Crippen molar-refractivity contribution in [2.24, 2.45) is 5.73 Å². The summed E-state index contributed by atoms with van der Waals surface area (Å²) in [7, 11) is 2.84. The van der Waals surface area contributed by atoms with E-state index in [1.165, 1.54) is 14.2 Å². The van der Waals surface area contributed by atoms with Crippen molar-refractivity contribution < 1.29 is 28.8 Å². The largest absolute Gasteiger partial charge is 0.434 e. The molecular weight excluding hydrogens is 392 g/mol. The van der Waals surface area contributed by atoms with Gasteiger partial charge in [-0.05, 0) is 53.4 Å². The predicted molar refractivity (Wildman–Crippen MR) is 112 cm³/mol. The van der Waals surface area contributed by atoms with Crippen molar-refractivity contribution in [3.05, 3.63) is 0 Å². The lowest BCUT2D eigenvalue weighted by atomic mass is 10.2. The lowest BCUT2D eigenvalue weighted by molar-refractivity contribution is -0.143. The van der Waals surface area contributed by atoms with Crippen LogP contribution in [0.4, 0.5) is 4.79 Å². The monoisotopic (exact) mass is 430 g/mol. The number of likely N-dealkylation sites (N-methyl/N-ethyl adjacent to an activating group) is 1. The van der Waals surface area contributed by atoms with E-state index in [-0.39, 0.29) is 0 Å². The van der Waals surface area contributed by atoms with Crippen molar-refractivity contribution in [1.82, 2.24) is 15.3 Å². The Labute approximate surface area is 179 Å². The molecule has 10 heteroatoms. The molecular formula is C20H38N4O6. The van der Waals surface area contributed by atoms with E-state index in [0.717, 1.165) is 11.3 Å². The summed E-state index contributed by atoms with van der Waals surface area (Å²) in [5.74, 6) is -1.07. The van der Waals surface area contributed by atoms with Gasteiger partial charge in [-0.15, -0.1) is 0 Å². The zero-order valence-corrected chi connectivity index (χ0v) is 19.5. The number of amides is 4. The average molecular weight is 431 g/mol. The summed E-state index contributed by atoms with van der Waals surface area (Å²) in [5, 5.41) is 0. The van der Waals surface area contributed by atoms with Gasteiger partial charge in [0.1, 0.15) is 11.1 Å². The van der Waals surface area contributed by atoms with Gasteiger partial charge in [0.25, 0.3) is 5.91 Å². The van der Waals surface area contributed by atoms with Crippen LogP contribution in [-0.4, -0.2) is 71.5 Å². The third-order valence-corrected chi connectivity index (χ3v) is 5.15. The number of nitrogens with two attached hydrogens (primary N) is 1. The van der Waals surface area contributed by atoms with E-state index in [2.05, 4.69) is 4.84 Å². The molecule has 0 heterocycles. The number of hydroxylamine groups is 1. The SMILES string of the molecule is CC.CC(C)N(C=O)C(C)C.COC1(C(=O)NOC(=O)N(C)C2(C(N)=O)CC2)CC1. The number of nitrogens with one attached hydrogen (secondary N) is 1. The molecule has 0 saturated heterocycles. The van der Waals surface area contributed by atoms with E-state index in [1.54, 1.807) is 4.90 Å². The Balaban J connectivity index is 0.000000648. The molecule has 2 fully saturated rings. The first kappa shape index (κ1) is 27.6. The minimum absolute atomic E-state index is 0.322. The maximum Gasteiger partial charge on any atom is 0.434 e. The van der Waals surface area contributed by atoms with Gasteiger partial charge in [-0.1, -0.05) is 13.8 Å². The molecule has 174 valence electrons. The second kappa shape index (κ2) is 11.7. The number of hydrogen-bond acceptors (Lipinski definition) is 6. The molecule has 30 heavy (non-hydrogen) atoms. The van der Waals surface area contributed by atoms with Crippen molar-refractivity contribution >= 4 is 24.3 Å². The molecule has 2 rings (SSSR count). The van der Waals surface area contributed by atoms with Crippen molar-refractivity contribution in [2.75, 3.05) is 14.2 Å². The first-order valence-electron chi connectivity index (χ1n) is 10.3. The summed E-state index contributed by atoms with van der Waals surface area (Å²) in [4.78, 5) is 52.5. The summed E-state index contributed by atoms with van der Waals surface area (Å²) in [6.45, 7) is 12.0. The van der Waals surface area contributed by atoms with Gasteiger partial charge in [-0.3, -0.25) is 19.3 Å². The molecule has 3 N–H and O–H groups in total. The molecule has 0 atom stereocenters. The lowest BCUT2D eigenvalue weighted by Gasteiger charge is -2.25. The first-order valence-corrected chi connectivity index (χ1v) is 10.3. The number of nitrogens with zero attached hydrogens (tertiary/aromatic N) is 2. The van der Waals surface area contributed by atoms with E-state index >= 15 is 0 Å². The van der Waals surface area contributed by atoms with Crippen LogP contribution >= 0.6 is 0 Å². The molecule has 0 radical (unpaired) electrons. The first-order chi connectivity index (χ1) is 14.0. The average Bonchev–Trinajstić information content (AvgIpc) is 3.61. The summed E-state index contributed by atoms with van der Waals surface area (Å²) in [6.07, 6.45) is 2.27. The molecule has 10 nitrogen and oxygen atoms in total. The third kappa shape index (κ3) is 6.86. The second-order valence-corrected chi connectivity index (χ2v) is 7.69. The lowest BCUT2D eigenvalue weighted by Crippen LogP contribution is -2.50. The molecule has 0 spiro atoms. The van der Waals surface area contributed by atoms with Gasteiger partial charge in [0.05, 0.1) is 0 Å². The molecule has 0 aromatic rings. The van der Waals surface area contributed by atoms with Crippen molar-refractivity contribution in [3.8, 4) is 0 Å². The Hall–Kier alpha value is -2.36. The minimum Gasteiger partial charge on any atom is -0.368 e. The molecule has 0 unspecified atom stereocenters. The summed E-state index contributed by atoms with van der Waals surface area (Å²) in [6, 6.07) is 0.644. The highest BCUT2D eigenvalue weighted by Gasteiger charge is 2.55. The van der Waals surface area contributed by atoms with Crippen LogP contribution in [-0.2, 0) is 24.0 Å². The fourth-order valence-corrected chi connectivity index (χ4v) is 2.77.